The van der Waals surface area contributed by atoms with Crippen LogP contribution in [0.4, 0.5) is 5.69 Å². The molecule has 0 saturated carbocycles. The Kier molecular flexibility index (Phi) is 2.79. The van der Waals surface area contributed by atoms with E-state index < -0.39 is 4.92 Å². The Labute approximate surface area is 75.5 Å². The van der Waals surface area contributed by atoms with Crippen molar-refractivity contribution in [2.24, 2.45) is 0 Å². The fraction of sp³-hybridized carbons (Fsp3) is 0.375. The summed E-state index contributed by atoms with van der Waals surface area (Å²) >= 11 is 0. The molecule has 5 heteroatoms. The van der Waals surface area contributed by atoms with Crippen LogP contribution in [0.15, 0.2) is 12.3 Å². The molecule has 0 radical (unpaired) electrons. The zero-order valence-electron chi connectivity index (χ0n) is 7.48. The molecule has 0 unspecified atom stereocenters. The number of hydrogen-bond acceptors (Lipinski definition) is 4. The molecule has 1 aromatic heterocycles. The summed E-state index contributed by atoms with van der Waals surface area (Å²) in [6.07, 6.45) is 1.81. The molecule has 13 heavy (non-hydrogen) atoms. The molecule has 0 aliphatic carbocycles. The van der Waals surface area contributed by atoms with E-state index in [4.69, 9.17) is 4.74 Å². The highest BCUT2D eigenvalue weighted by Crippen LogP contribution is 2.21. The van der Waals surface area contributed by atoms with Crippen LogP contribution in [0.25, 0.3) is 0 Å². The SMILES string of the molecule is CCc1cc(OC)ncc1[N+](=O)[O-]. The smallest absolute Gasteiger partial charge is 0.290 e. The average molecular weight is 182 g/mol. The van der Waals surface area contributed by atoms with Crippen LogP contribution in [0.1, 0.15) is 12.5 Å². The molecule has 0 spiro atoms. The molecule has 0 aromatic carbocycles. The minimum atomic E-state index is -0.439. The zero-order chi connectivity index (χ0) is 9.84. The zero-order valence-corrected chi connectivity index (χ0v) is 7.48. The van der Waals surface area contributed by atoms with Crippen LogP contribution in [-0.2, 0) is 6.42 Å². The van der Waals surface area contributed by atoms with E-state index in [9.17, 15) is 10.1 Å². The summed E-state index contributed by atoms with van der Waals surface area (Å²) in [6, 6.07) is 1.58. The molecule has 0 atom stereocenters. The number of pyridine rings is 1. The van der Waals surface area contributed by atoms with Crippen molar-refractivity contribution >= 4 is 5.69 Å². The highest BCUT2D eigenvalue weighted by atomic mass is 16.6. The number of aryl methyl sites for hydroxylation is 1. The maximum Gasteiger partial charge on any atom is 0.290 e. The first-order valence-corrected chi connectivity index (χ1v) is 3.86. The Bertz CT molecular complexity index is 325. The van der Waals surface area contributed by atoms with Crippen LogP contribution in [0, 0.1) is 10.1 Å². The molecule has 0 bridgehead atoms. The van der Waals surface area contributed by atoms with Crippen molar-refractivity contribution in [1.82, 2.24) is 4.98 Å². The monoisotopic (exact) mass is 182 g/mol. The molecule has 5 nitrogen and oxygen atoms in total. The molecular formula is C8H10N2O3. The van der Waals surface area contributed by atoms with Crippen LogP contribution >= 0.6 is 0 Å². The molecular weight excluding hydrogens is 172 g/mol. The molecule has 1 rings (SSSR count). The number of rotatable bonds is 3. The lowest BCUT2D eigenvalue weighted by molar-refractivity contribution is -0.385. The topological polar surface area (TPSA) is 65.3 Å². The first kappa shape index (κ1) is 9.44. The molecule has 0 aliphatic rings. The van der Waals surface area contributed by atoms with Crippen molar-refractivity contribution in [3.05, 3.63) is 27.9 Å². The molecule has 1 heterocycles. The predicted octanol–water partition coefficient (Wildman–Crippen LogP) is 1.56. The Morgan fingerprint density at radius 3 is 2.85 bits per heavy atom. The van der Waals surface area contributed by atoms with Gasteiger partial charge >= 0.3 is 0 Å². The van der Waals surface area contributed by atoms with E-state index in [0.717, 1.165) is 0 Å². The molecule has 70 valence electrons. The lowest BCUT2D eigenvalue weighted by Crippen LogP contribution is -1.97. The normalized spacial score (nSPS) is 9.69. The van der Waals surface area contributed by atoms with Gasteiger partial charge in [0.25, 0.3) is 5.69 Å². The van der Waals surface area contributed by atoms with E-state index in [-0.39, 0.29) is 5.69 Å². The summed E-state index contributed by atoms with van der Waals surface area (Å²) in [5.41, 5.74) is 0.681. The van der Waals surface area contributed by atoms with E-state index in [2.05, 4.69) is 4.98 Å². The van der Waals surface area contributed by atoms with Gasteiger partial charge in [-0.1, -0.05) is 6.92 Å². The van der Waals surface area contributed by atoms with E-state index in [1.807, 2.05) is 6.92 Å². The van der Waals surface area contributed by atoms with Gasteiger partial charge in [0, 0.05) is 11.6 Å². The van der Waals surface area contributed by atoms with Crippen molar-refractivity contribution in [1.29, 1.82) is 0 Å². The van der Waals surface area contributed by atoms with Crippen molar-refractivity contribution in [3.63, 3.8) is 0 Å². The average Bonchev–Trinajstić information content (AvgIpc) is 2.16. The Morgan fingerprint density at radius 1 is 1.69 bits per heavy atom. The second kappa shape index (κ2) is 3.84. The third kappa shape index (κ3) is 1.93. The fourth-order valence-corrected chi connectivity index (χ4v) is 1.03. The third-order valence-electron chi connectivity index (χ3n) is 1.73. The predicted molar refractivity (Wildman–Crippen MR) is 46.8 cm³/mol. The highest BCUT2D eigenvalue weighted by Gasteiger charge is 2.13. The second-order valence-electron chi connectivity index (χ2n) is 2.47. The number of methoxy groups -OCH3 is 1. The van der Waals surface area contributed by atoms with Gasteiger partial charge in [0.2, 0.25) is 5.88 Å². The maximum absolute atomic E-state index is 10.5. The van der Waals surface area contributed by atoms with Crippen molar-refractivity contribution in [3.8, 4) is 5.88 Å². The lowest BCUT2D eigenvalue weighted by Gasteiger charge is -2.01. The van der Waals surface area contributed by atoms with Gasteiger partial charge in [-0.05, 0) is 6.42 Å². The van der Waals surface area contributed by atoms with E-state index in [0.29, 0.717) is 17.9 Å². The Balaban J connectivity index is 3.15. The molecule has 0 amide bonds. The molecule has 0 saturated heterocycles. The molecule has 0 fully saturated rings. The van der Waals surface area contributed by atoms with Crippen molar-refractivity contribution in [2.75, 3.05) is 7.11 Å². The Morgan fingerprint density at radius 2 is 2.38 bits per heavy atom. The summed E-state index contributed by atoms with van der Waals surface area (Å²) in [5, 5.41) is 10.5. The lowest BCUT2D eigenvalue weighted by atomic mass is 10.2. The van der Waals surface area contributed by atoms with Gasteiger partial charge in [0.1, 0.15) is 6.20 Å². The van der Waals surface area contributed by atoms with Gasteiger partial charge in [0.05, 0.1) is 12.0 Å². The van der Waals surface area contributed by atoms with E-state index in [1.54, 1.807) is 6.07 Å². The minimum Gasteiger partial charge on any atom is -0.481 e. The van der Waals surface area contributed by atoms with Gasteiger partial charge in [0.15, 0.2) is 0 Å². The first-order valence-electron chi connectivity index (χ1n) is 3.86. The number of nitro groups is 1. The summed E-state index contributed by atoms with van der Waals surface area (Å²) in [7, 11) is 1.48. The van der Waals surface area contributed by atoms with Gasteiger partial charge in [-0.2, -0.15) is 0 Å². The molecule has 0 aliphatic heterocycles. The van der Waals surface area contributed by atoms with Crippen molar-refractivity contribution in [2.45, 2.75) is 13.3 Å². The van der Waals surface area contributed by atoms with Crippen LogP contribution in [0.5, 0.6) is 5.88 Å². The van der Waals surface area contributed by atoms with Crippen LogP contribution in [0.3, 0.4) is 0 Å². The summed E-state index contributed by atoms with van der Waals surface area (Å²) < 4.78 is 4.86. The number of ether oxygens (including phenoxy) is 1. The van der Waals surface area contributed by atoms with Crippen LogP contribution in [0.2, 0.25) is 0 Å². The van der Waals surface area contributed by atoms with E-state index in [1.165, 1.54) is 13.3 Å². The minimum absolute atomic E-state index is 0.0447. The third-order valence-corrected chi connectivity index (χ3v) is 1.73. The summed E-state index contributed by atoms with van der Waals surface area (Å²) in [5.74, 6) is 0.405. The Hall–Kier alpha value is -1.65. The fourth-order valence-electron chi connectivity index (χ4n) is 1.03. The van der Waals surface area contributed by atoms with Gasteiger partial charge in [-0.3, -0.25) is 10.1 Å². The summed E-state index contributed by atoms with van der Waals surface area (Å²) in [4.78, 5) is 13.8. The van der Waals surface area contributed by atoms with Crippen molar-refractivity contribution < 1.29 is 9.66 Å². The summed E-state index contributed by atoms with van der Waals surface area (Å²) in [6.45, 7) is 1.85. The number of nitrogens with zero attached hydrogens (tertiary/aromatic N) is 2. The molecule has 1 aromatic rings. The largest absolute Gasteiger partial charge is 0.481 e. The van der Waals surface area contributed by atoms with Gasteiger partial charge < -0.3 is 4.74 Å². The van der Waals surface area contributed by atoms with Crippen LogP contribution < -0.4 is 4.74 Å². The number of aromatic nitrogens is 1. The van der Waals surface area contributed by atoms with Gasteiger partial charge in [-0.15, -0.1) is 0 Å². The van der Waals surface area contributed by atoms with E-state index >= 15 is 0 Å². The maximum atomic E-state index is 10.5. The first-order chi connectivity index (χ1) is 6.19. The standard InChI is InChI=1S/C8H10N2O3/c1-3-6-4-8(13-2)9-5-7(6)10(11)12/h4-5H,3H2,1-2H3. The van der Waals surface area contributed by atoms with Gasteiger partial charge in [-0.25, -0.2) is 4.98 Å². The second-order valence-corrected chi connectivity index (χ2v) is 2.47. The quantitative estimate of drug-likeness (QED) is 0.525. The molecule has 0 N–H and O–H groups in total. The highest BCUT2D eigenvalue weighted by molar-refractivity contribution is 5.40. The number of hydrogen-bond donors (Lipinski definition) is 0. The van der Waals surface area contributed by atoms with Crippen LogP contribution in [-0.4, -0.2) is 17.0 Å².